The van der Waals surface area contributed by atoms with Crippen LogP contribution in [-0.4, -0.2) is 82.1 Å². The Hall–Kier alpha value is -5.05. The summed E-state index contributed by atoms with van der Waals surface area (Å²) in [6, 6.07) is 4.76. The van der Waals surface area contributed by atoms with Gasteiger partial charge in [-0.1, -0.05) is 6.07 Å². The molecule has 0 saturated carbocycles. The van der Waals surface area contributed by atoms with Gasteiger partial charge in [-0.15, -0.1) is 0 Å². The number of fused-ring (bicyclic) bond motifs is 2. The molecule has 3 aromatic rings. The molecule has 1 aromatic carbocycles. The number of carbonyl (C=O) groups excluding carboxylic acids is 4. The van der Waals surface area contributed by atoms with Crippen LogP contribution in [0.25, 0.3) is 11.0 Å². The summed E-state index contributed by atoms with van der Waals surface area (Å²) in [4.78, 5) is 67.8. The van der Waals surface area contributed by atoms with Crippen LogP contribution in [0.4, 0.5) is 5.69 Å². The van der Waals surface area contributed by atoms with Crippen molar-refractivity contribution in [1.29, 1.82) is 0 Å². The van der Waals surface area contributed by atoms with Crippen LogP contribution >= 0.6 is 0 Å². The Morgan fingerprint density at radius 2 is 2.02 bits per heavy atom. The lowest BCUT2D eigenvalue weighted by molar-refractivity contribution is -0.145. The lowest BCUT2D eigenvalue weighted by Crippen LogP contribution is -2.53. The van der Waals surface area contributed by atoms with Gasteiger partial charge in [-0.2, -0.15) is 0 Å². The highest BCUT2D eigenvalue weighted by molar-refractivity contribution is 6.08. The van der Waals surface area contributed by atoms with Crippen molar-refractivity contribution in [2.75, 3.05) is 31.6 Å². The topological polar surface area (TPSA) is 214 Å². The van der Waals surface area contributed by atoms with Crippen LogP contribution in [0.5, 0.6) is 5.75 Å². The van der Waals surface area contributed by atoms with Crippen molar-refractivity contribution >= 4 is 46.4 Å². The summed E-state index contributed by atoms with van der Waals surface area (Å²) < 4.78 is 10.0. The number of benzene rings is 1. The molecule has 1 unspecified atom stereocenters. The molecule has 0 spiro atoms. The molecule has 4 heterocycles. The van der Waals surface area contributed by atoms with Gasteiger partial charge in [0.05, 0.1) is 30.3 Å². The van der Waals surface area contributed by atoms with Gasteiger partial charge in [0.1, 0.15) is 23.2 Å². The number of rotatable bonds is 7. The number of carboxylic acid groups (broad SMARTS) is 1. The van der Waals surface area contributed by atoms with Gasteiger partial charge in [0.15, 0.2) is 12.3 Å². The zero-order valence-electron chi connectivity index (χ0n) is 21.4. The molecule has 0 radical (unpaired) electrons. The highest BCUT2D eigenvalue weighted by Gasteiger charge is 2.24. The lowest BCUT2D eigenvalue weighted by Gasteiger charge is -2.22. The third-order valence-corrected chi connectivity index (χ3v) is 5.85. The van der Waals surface area contributed by atoms with E-state index in [1.807, 2.05) is 0 Å². The normalized spacial score (nSPS) is 15.9. The fraction of sp³-hybridized carbons (Fsp3) is 0.320. The molecule has 15 nitrogen and oxygen atoms in total. The van der Waals surface area contributed by atoms with E-state index in [0.29, 0.717) is 31.1 Å². The van der Waals surface area contributed by atoms with Gasteiger partial charge < -0.3 is 40.8 Å². The van der Waals surface area contributed by atoms with Crippen molar-refractivity contribution in [2.24, 2.45) is 0 Å². The predicted molar refractivity (Wildman–Crippen MR) is 139 cm³/mol. The van der Waals surface area contributed by atoms with Crippen LogP contribution in [0, 0.1) is 0 Å². The SMILES string of the molecule is CCOC(=O)CC1NCCNC1=O.O=C1COc2ccc(CNC(=O)c3ncnc4c(C(=O)O)c[nH]c34)cc2N1. The fourth-order valence-electron chi connectivity index (χ4n) is 3.98. The molecule has 1 saturated heterocycles. The maximum atomic E-state index is 12.5. The number of ether oxygens (including phenoxy) is 2. The summed E-state index contributed by atoms with van der Waals surface area (Å²) in [6.45, 7) is 3.58. The van der Waals surface area contributed by atoms with E-state index in [0.717, 1.165) is 11.9 Å². The Morgan fingerprint density at radius 3 is 2.77 bits per heavy atom. The zero-order valence-corrected chi connectivity index (χ0v) is 21.4. The number of carbonyl (C=O) groups is 5. The second-order valence-corrected chi connectivity index (χ2v) is 8.61. The summed E-state index contributed by atoms with van der Waals surface area (Å²) in [5, 5.41) is 20.2. The molecule has 210 valence electrons. The quantitative estimate of drug-likeness (QED) is 0.213. The third-order valence-electron chi connectivity index (χ3n) is 5.85. The van der Waals surface area contributed by atoms with Crippen molar-refractivity contribution in [3.8, 4) is 5.75 Å². The first-order chi connectivity index (χ1) is 19.3. The van der Waals surface area contributed by atoms with Crippen LogP contribution in [0.1, 0.15) is 39.8 Å². The Kier molecular flexibility index (Phi) is 8.86. The number of amides is 3. The molecule has 6 N–H and O–H groups in total. The van der Waals surface area contributed by atoms with Crippen molar-refractivity contribution in [3.05, 3.63) is 47.5 Å². The summed E-state index contributed by atoms with van der Waals surface area (Å²) in [5.41, 5.74) is 1.71. The molecule has 2 aromatic heterocycles. The number of piperazine rings is 1. The maximum absolute atomic E-state index is 12.5. The summed E-state index contributed by atoms with van der Waals surface area (Å²) >= 11 is 0. The predicted octanol–water partition coefficient (Wildman–Crippen LogP) is -0.0554. The van der Waals surface area contributed by atoms with Gasteiger partial charge in [-0.25, -0.2) is 14.8 Å². The van der Waals surface area contributed by atoms with E-state index >= 15 is 0 Å². The summed E-state index contributed by atoms with van der Waals surface area (Å²) in [6.07, 6.45) is 2.52. The first kappa shape index (κ1) is 28.0. The highest BCUT2D eigenvalue weighted by Crippen LogP contribution is 2.28. The Balaban J connectivity index is 0.000000240. The smallest absolute Gasteiger partial charge is 0.339 e. The van der Waals surface area contributed by atoms with Gasteiger partial charge in [-0.05, 0) is 24.6 Å². The molecule has 2 aliphatic rings. The average molecular weight is 554 g/mol. The molecular weight excluding hydrogens is 526 g/mol. The molecule has 0 bridgehead atoms. The van der Waals surface area contributed by atoms with Crippen LogP contribution in [0.15, 0.2) is 30.7 Å². The molecular formula is C25H27N7O8. The van der Waals surface area contributed by atoms with Crippen molar-refractivity contribution in [1.82, 2.24) is 30.9 Å². The lowest BCUT2D eigenvalue weighted by atomic mass is 10.1. The van der Waals surface area contributed by atoms with Crippen LogP contribution in [0.2, 0.25) is 0 Å². The van der Waals surface area contributed by atoms with E-state index < -0.39 is 17.9 Å². The number of aromatic nitrogens is 3. The molecule has 3 amide bonds. The molecule has 1 atom stereocenters. The number of hydrogen-bond acceptors (Lipinski definition) is 10. The van der Waals surface area contributed by atoms with Crippen molar-refractivity contribution in [2.45, 2.75) is 25.9 Å². The van der Waals surface area contributed by atoms with Crippen molar-refractivity contribution in [3.63, 3.8) is 0 Å². The number of anilines is 1. The first-order valence-corrected chi connectivity index (χ1v) is 12.3. The Bertz CT molecular complexity index is 1450. The summed E-state index contributed by atoms with van der Waals surface area (Å²) in [7, 11) is 0. The number of nitrogens with one attached hydrogen (secondary N) is 5. The number of aromatic amines is 1. The second-order valence-electron chi connectivity index (χ2n) is 8.61. The van der Waals surface area contributed by atoms with Gasteiger partial charge in [0, 0.05) is 25.8 Å². The van der Waals surface area contributed by atoms with Gasteiger partial charge in [-0.3, -0.25) is 19.2 Å². The largest absolute Gasteiger partial charge is 0.482 e. The molecule has 1 fully saturated rings. The van der Waals surface area contributed by atoms with Crippen LogP contribution in [-0.2, 0) is 25.7 Å². The fourth-order valence-corrected chi connectivity index (χ4v) is 3.98. The van der Waals surface area contributed by atoms with Gasteiger partial charge >= 0.3 is 11.9 Å². The van der Waals surface area contributed by atoms with E-state index in [-0.39, 0.29) is 59.6 Å². The maximum Gasteiger partial charge on any atom is 0.339 e. The number of hydrogen-bond donors (Lipinski definition) is 6. The van der Waals surface area contributed by atoms with E-state index in [1.165, 1.54) is 6.20 Å². The van der Waals surface area contributed by atoms with Gasteiger partial charge in [0.25, 0.3) is 11.8 Å². The number of aromatic carboxylic acids is 1. The standard InChI is InChI=1S/C17H13N5O5.C8H14N2O3/c23-12-6-27-11-2-1-8(3-10(11)22-12)4-19-16(24)15-14-13(20-7-21-15)9(5-18-14)17(25)26;1-2-13-7(11)5-6-8(12)10-4-3-9-6/h1-3,5,7,18H,4,6H2,(H,19,24)(H,22,23)(H,25,26);6,9H,2-5H2,1H3,(H,10,12). The number of nitrogens with zero attached hydrogens (tertiary/aromatic N) is 2. The van der Waals surface area contributed by atoms with E-state index in [2.05, 4.69) is 36.2 Å². The second kappa shape index (κ2) is 12.7. The third kappa shape index (κ3) is 6.68. The highest BCUT2D eigenvalue weighted by atomic mass is 16.5. The minimum atomic E-state index is -1.15. The van der Waals surface area contributed by atoms with E-state index in [4.69, 9.17) is 14.6 Å². The summed E-state index contributed by atoms with van der Waals surface area (Å²) in [5.74, 6) is -1.78. The van der Waals surface area contributed by atoms with Crippen LogP contribution in [0.3, 0.4) is 0 Å². The number of carboxylic acids is 1. The molecule has 0 aliphatic carbocycles. The average Bonchev–Trinajstić information content (AvgIpc) is 3.38. The number of H-pyrrole nitrogens is 1. The van der Waals surface area contributed by atoms with Crippen LogP contribution < -0.4 is 26.0 Å². The van der Waals surface area contributed by atoms with Crippen molar-refractivity contribution < 1.29 is 38.6 Å². The van der Waals surface area contributed by atoms with E-state index in [1.54, 1.807) is 25.1 Å². The first-order valence-electron chi connectivity index (χ1n) is 12.3. The van der Waals surface area contributed by atoms with Gasteiger partial charge in [0.2, 0.25) is 5.91 Å². The molecule has 2 aliphatic heterocycles. The monoisotopic (exact) mass is 553 g/mol. The molecule has 40 heavy (non-hydrogen) atoms. The minimum Gasteiger partial charge on any atom is -0.482 e. The molecule has 5 rings (SSSR count). The van der Waals surface area contributed by atoms with E-state index in [9.17, 15) is 24.0 Å². The number of esters is 1. The Morgan fingerprint density at radius 1 is 1.20 bits per heavy atom. The molecule has 15 heteroatoms. The Labute approximate surface area is 227 Å². The zero-order chi connectivity index (χ0) is 28.6. The minimum absolute atomic E-state index is 0.0265.